The summed E-state index contributed by atoms with van der Waals surface area (Å²) in [6.07, 6.45) is 10.2. The fourth-order valence-electron chi connectivity index (χ4n) is 3.80. The number of rotatable bonds is 12. The van der Waals surface area contributed by atoms with Crippen molar-refractivity contribution in [2.24, 2.45) is 0 Å². The Morgan fingerprint density at radius 3 is 2.38 bits per heavy atom. The highest BCUT2D eigenvalue weighted by atomic mass is 16.5. The van der Waals surface area contributed by atoms with Crippen molar-refractivity contribution in [2.45, 2.75) is 90.9 Å². The first kappa shape index (κ1) is 28.1. The van der Waals surface area contributed by atoms with Crippen LogP contribution >= 0.6 is 0 Å². The number of hydrogen-bond donors (Lipinski definition) is 1. The van der Waals surface area contributed by atoms with Gasteiger partial charge in [0.2, 0.25) is 0 Å². The predicted molar refractivity (Wildman–Crippen MR) is 122 cm³/mol. The van der Waals surface area contributed by atoms with E-state index in [0.29, 0.717) is 12.6 Å². The molecule has 1 fully saturated rings. The minimum atomic E-state index is -0.0840. The Hall–Kier alpha value is -0.880. The minimum Gasteiger partial charge on any atom is -0.498 e. The Kier molecular flexibility index (Phi) is 17.4. The maximum absolute atomic E-state index is 9.41. The molecule has 0 aliphatic heterocycles. The molecule has 0 heterocycles. The van der Waals surface area contributed by atoms with E-state index in [4.69, 9.17) is 14.2 Å². The average molecular weight is 414 g/mol. The molecule has 1 N–H and O–H groups in total. The molecular weight excluding hydrogens is 366 g/mol. The summed E-state index contributed by atoms with van der Waals surface area (Å²) in [4.78, 5) is 2.38. The van der Waals surface area contributed by atoms with Crippen LogP contribution in [-0.4, -0.2) is 68.8 Å². The molecule has 0 radical (unpaired) electrons. The van der Waals surface area contributed by atoms with E-state index in [0.717, 1.165) is 43.7 Å². The minimum absolute atomic E-state index is 0.0840. The third kappa shape index (κ3) is 11.2. The fraction of sp³-hybridized carbons (Fsp3) is 0.833. The van der Waals surface area contributed by atoms with Gasteiger partial charge in [0.1, 0.15) is 11.9 Å². The number of ether oxygens (including phenoxy) is 3. The van der Waals surface area contributed by atoms with Crippen LogP contribution in [0.15, 0.2) is 24.0 Å². The number of allylic oxidation sites excluding steroid dienone is 1. The largest absolute Gasteiger partial charge is 0.498 e. The summed E-state index contributed by atoms with van der Waals surface area (Å²) in [5.41, 5.74) is 0.987. The van der Waals surface area contributed by atoms with Crippen LogP contribution in [0.3, 0.4) is 0 Å². The highest BCUT2D eigenvalue weighted by Crippen LogP contribution is 2.25. The molecule has 0 aromatic rings. The van der Waals surface area contributed by atoms with E-state index >= 15 is 0 Å². The third-order valence-corrected chi connectivity index (χ3v) is 5.52. The van der Waals surface area contributed by atoms with Crippen molar-refractivity contribution in [1.29, 1.82) is 0 Å². The van der Waals surface area contributed by atoms with Crippen LogP contribution < -0.4 is 0 Å². The molecule has 0 spiro atoms. The van der Waals surface area contributed by atoms with Crippen LogP contribution in [0.5, 0.6) is 0 Å². The lowest BCUT2D eigenvalue weighted by atomic mass is 9.93. The SMILES string of the molecule is C=C(/C=C(/OC)C(C)OC)CCO[C@H]1CCCCCCC1N(CC)CCO.CC. The molecule has 0 aromatic heterocycles. The Morgan fingerprint density at radius 2 is 1.83 bits per heavy atom. The van der Waals surface area contributed by atoms with Crippen molar-refractivity contribution in [3.05, 3.63) is 24.0 Å². The van der Waals surface area contributed by atoms with Crippen molar-refractivity contribution >= 4 is 0 Å². The van der Waals surface area contributed by atoms with Gasteiger partial charge in [0.25, 0.3) is 0 Å². The molecule has 0 saturated heterocycles. The zero-order valence-corrected chi connectivity index (χ0v) is 19.9. The van der Waals surface area contributed by atoms with E-state index < -0.39 is 0 Å². The first-order valence-corrected chi connectivity index (χ1v) is 11.5. The Bertz CT molecular complexity index is 439. The molecule has 0 bridgehead atoms. The number of likely N-dealkylation sites (N-methyl/N-ethyl adjacent to an activating group) is 1. The summed E-state index contributed by atoms with van der Waals surface area (Å²) in [7, 11) is 3.33. The number of nitrogens with zero attached hydrogens (tertiary/aromatic N) is 1. The standard InChI is InChI=1S/C22H41NO4.C2H6/c1-6-23(14-15-24)20-11-9-7-8-10-12-21(20)27-16-13-18(2)17-22(26-5)19(3)25-4;1-2/h17,19-21,24H,2,6-16H2,1,3-5H3;1-2H3/b22-17+;/t19?,20?,21-;/m0./s1. The molecule has 29 heavy (non-hydrogen) atoms. The van der Waals surface area contributed by atoms with E-state index in [1.165, 1.54) is 25.7 Å². The molecule has 3 atom stereocenters. The van der Waals surface area contributed by atoms with Crippen LogP contribution in [0.2, 0.25) is 0 Å². The molecular formula is C24H47NO4. The number of aliphatic hydroxyl groups is 1. The van der Waals surface area contributed by atoms with Crippen molar-refractivity contribution < 1.29 is 19.3 Å². The van der Waals surface area contributed by atoms with Crippen molar-refractivity contribution in [2.75, 3.05) is 40.5 Å². The van der Waals surface area contributed by atoms with Gasteiger partial charge < -0.3 is 19.3 Å². The molecule has 1 aliphatic rings. The van der Waals surface area contributed by atoms with E-state index in [9.17, 15) is 5.11 Å². The maximum atomic E-state index is 9.41. The molecule has 5 heteroatoms. The lowest BCUT2D eigenvalue weighted by molar-refractivity contribution is -0.0284. The number of aliphatic hydroxyl groups excluding tert-OH is 1. The summed E-state index contributed by atoms with van der Waals surface area (Å²) in [5, 5.41) is 9.41. The van der Waals surface area contributed by atoms with Gasteiger partial charge in [-0.25, -0.2) is 0 Å². The molecule has 1 rings (SSSR count). The van der Waals surface area contributed by atoms with Gasteiger partial charge in [0.05, 0.1) is 26.4 Å². The van der Waals surface area contributed by atoms with Gasteiger partial charge in [-0.2, -0.15) is 0 Å². The van der Waals surface area contributed by atoms with Gasteiger partial charge in [-0.05, 0) is 44.4 Å². The van der Waals surface area contributed by atoms with Crippen molar-refractivity contribution in [3.63, 3.8) is 0 Å². The molecule has 1 saturated carbocycles. The van der Waals surface area contributed by atoms with Gasteiger partial charge in [-0.15, -0.1) is 0 Å². The fourth-order valence-corrected chi connectivity index (χ4v) is 3.80. The molecule has 1 aliphatic carbocycles. The monoisotopic (exact) mass is 413 g/mol. The maximum Gasteiger partial charge on any atom is 0.124 e. The van der Waals surface area contributed by atoms with Gasteiger partial charge in [-0.3, -0.25) is 4.90 Å². The van der Waals surface area contributed by atoms with Crippen LogP contribution in [-0.2, 0) is 14.2 Å². The Labute approximate surface area is 180 Å². The van der Waals surface area contributed by atoms with Gasteiger partial charge >= 0.3 is 0 Å². The first-order chi connectivity index (χ1) is 14.1. The number of methoxy groups -OCH3 is 2. The summed E-state index contributed by atoms with van der Waals surface area (Å²) < 4.78 is 17.1. The Balaban J connectivity index is 0.00000379. The van der Waals surface area contributed by atoms with Crippen LogP contribution in [0.25, 0.3) is 0 Å². The zero-order valence-electron chi connectivity index (χ0n) is 19.9. The smallest absolute Gasteiger partial charge is 0.124 e. The van der Waals surface area contributed by atoms with E-state index in [1.54, 1.807) is 14.2 Å². The second-order valence-electron chi connectivity index (χ2n) is 7.36. The van der Waals surface area contributed by atoms with Gasteiger partial charge in [0.15, 0.2) is 0 Å². The first-order valence-electron chi connectivity index (χ1n) is 11.5. The van der Waals surface area contributed by atoms with Crippen molar-refractivity contribution in [3.8, 4) is 0 Å². The molecule has 172 valence electrons. The number of hydrogen-bond acceptors (Lipinski definition) is 5. The summed E-state index contributed by atoms with van der Waals surface area (Å²) in [5.74, 6) is 0.784. The van der Waals surface area contributed by atoms with E-state index in [2.05, 4.69) is 18.4 Å². The van der Waals surface area contributed by atoms with E-state index in [1.807, 2.05) is 26.8 Å². The quantitative estimate of drug-likeness (QED) is 0.362. The second kappa shape index (κ2) is 17.9. The molecule has 5 nitrogen and oxygen atoms in total. The van der Waals surface area contributed by atoms with Gasteiger partial charge in [0, 0.05) is 19.7 Å². The molecule has 0 amide bonds. The molecule has 2 unspecified atom stereocenters. The molecule has 0 aromatic carbocycles. The third-order valence-electron chi connectivity index (χ3n) is 5.52. The zero-order chi connectivity index (χ0) is 22.1. The second-order valence-corrected chi connectivity index (χ2v) is 7.36. The van der Waals surface area contributed by atoms with Crippen LogP contribution in [0, 0.1) is 0 Å². The highest BCUT2D eigenvalue weighted by molar-refractivity contribution is 5.19. The summed E-state index contributed by atoms with van der Waals surface area (Å²) >= 11 is 0. The summed E-state index contributed by atoms with van der Waals surface area (Å²) in [6, 6.07) is 0.398. The van der Waals surface area contributed by atoms with Crippen molar-refractivity contribution in [1.82, 2.24) is 4.90 Å². The average Bonchev–Trinajstić information content (AvgIpc) is 2.73. The van der Waals surface area contributed by atoms with Crippen LogP contribution in [0.1, 0.15) is 72.6 Å². The van der Waals surface area contributed by atoms with E-state index in [-0.39, 0.29) is 18.8 Å². The van der Waals surface area contributed by atoms with Gasteiger partial charge in [-0.1, -0.05) is 53.0 Å². The predicted octanol–water partition coefficient (Wildman–Crippen LogP) is 4.95. The summed E-state index contributed by atoms with van der Waals surface area (Å²) in [6.45, 7) is 14.8. The normalized spacial score (nSPS) is 21.6. The Morgan fingerprint density at radius 1 is 1.17 bits per heavy atom. The lowest BCUT2D eigenvalue weighted by Crippen LogP contribution is -2.46. The van der Waals surface area contributed by atoms with Crippen LogP contribution in [0.4, 0.5) is 0 Å². The highest BCUT2D eigenvalue weighted by Gasteiger charge is 2.27. The topological polar surface area (TPSA) is 51.2 Å². The lowest BCUT2D eigenvalue weighted by Gasteiger charge is -2.37.